The highest BCUT2D eigenvalue weighted by molar-refractivity contribution is 8.00. The van der Waals surface area contributed by atoms with Crippen LogP contribution in [0.15, 0.2) is 12.2 Å². The van der Waals surface area contributed by atoms with Crippen molar-refractivity contribution < 1.29 is 4.79 Å². The molecule has 0 spiro atoms. The van der Waals surface area contributed by atoms with E-state index < -0.39 is 0 Å². The summed E-state index contributed by atoms with van der Waals surface area (Å²) in [7, 11) is 0. The van der Waals surface area contributed by atoms with Crippen molar-refractivity contribution in [3.05, 3.63) is 12.2 Å². The third-order valence-corrected chi connectivity index (χ3v) is 3.27. The molecule has 1 saturated heterocycles. The second-order valence-corrected chi connectivity index (χ2v) is 5.38. The predicted octanol–water partition coefficient (Wildman–Crippen LogP) is 1.91. The Labute approximate surface area is 84.4 Å². The van der Waals surface area contributed by atoms with Gasteiger partial charge in [-0.25, -0.2) is 0 Å². The van der Waals surface area contributed by atoms with Crippen molar-refractivity contribution in [3.8, 4) is 0 Å². The maximum absolute atomic E-state index is 11.5. The smallest absolute Gasteiger partial charge is 0.246 e. The van der Waals surface area contributed by atoms with E-state index in [2.05, 4.69) is 13.8 Å². The van der Waals surface area contributed by atoms with Gasteiger partial charge in [0.2, 0.25) is 5.91 Å². The molecule has 1 rings (SSSR count). The van der Waals surface area contributed by atoms with Crippen LogP contribution < -0.4 is 0 Å². The molecule has 1 amide bonds. The standard InChI is InChI=1S/C10H17NOS/c1-4-5-10(12)11-6-8(2)13-9(3)7-11/h4-5,8-9H,6-7H2,1-3H3/b5-4+. The summed E-state index contributed by atoms with van der Waals surface area (Å²) in [6.07, 6.45) is 3.45. The Kier molecular flexibility index (Phi) is 3.85. The lowest BCUT2D eigenvalue weighted by molar-refractivity contribution is -0.126. The van der Waals surface area contributed by atoms with Gasteiger partial charge in [0.15, 0.2) is 0 Å². The number of hydrogen-bond donors (Lipinski definition) is 0. The van der Waals surface area contributed by atoms with E-state index in [1.54, 1.807) is 12.2 Å². The molecule has 0 radical (unpaired) electrons. The molecule has 1 heterocycles. The maximum atomic E-state index is 11.5. The largest absolute Gasteiger partial charge is 0.337 e. The van der Waals surface area contributed by atoms with E-state index in [1.807, 2.05) is 23.6 Å². The first kappa shape index (κ1) is 10.6. The quantitative estimate of drug-likeness (QED) is 0.601. The molecule has 2 nitrogen and oxygen atoms in total. The van der Waals surface area contributed by atoms with Crippen molar-refractivity contribution in [1.82, 2.24) is 4.90 Å². The zero-order valence-electron chi connectivity index (χ0n) is 8.49. The molecule has 0 bridgehead atoms. The minimum absolute atomic E-state index is 0.154. The van der Waals surface area contributed by atoms with Crippen LogP contribution in [0, 0.1) is 0 Å². The first-order valence-electron chi connectivity index (χ1n) is 4.70. The zero-order valence-corrected chi connectivity index (χ0v) is 9.30. The zero-order chi connectivity index (χ0) is 9.84. The fourth-order valence-corrected chi connectivity index (χ4v) is 2.93. The van der Waals surface area contributed by atoms with Crippen molar-refractivity contribution in [1.29, 1.82) is 0 Å². The molecule has 0 aromatic carbocycles. The Bertz CT molecular complexity index is 205. The van der Waals surface area contributed by atoms with Crippen molar-refractivity contribution >= 4 is 17.7 Å². The molecule has 0 aromatic rings. The summed E-state index contributed by atoms with van der Waals surface area (Å²) in [4.78, 5) is 13.5. The van der Waals surface area contributed by atoms with Crippen molar-refractivity contribution in [2.75, 3.05) is 13.1 Å². The molecule has 0 aromatic heterocycles. The monoisotopic (exact) mass is 199 g/mol. The maximum Gasteiger partial charge on any atom is 0.246 e. The normalized spacial score (nSPS) is 29.6. The molecule has 1 aliphatic rings. The van der Waals surface area contributed by atoms with E-state index in [-0.39, 0.29) is 5.91 Å². The highest BCUT2D eigenvalue weighted by Crippen LogP contribution is 2.24. The number of rotatable bonds is 1. The Balaban J connectivity index is 2.54. The summed E-state index contributed by atoms with van der Waals surface area (Å²) in [5.74, 6) is 0.154. The third-order valence-electron chi connectivity index (χ3n) is 2.04. The summed E-state index contributed by atoms with van der Waals surface area (Å²) in [6.45, 7) is 8.01. The van der Waals surface area contributed by atoms with Crippen molar-refractivity contribution in [3.63, 3.8) is 0 Å². The molecular weight excluding hydrogens is 182 g/mol. The minimum atomic E-state index is 0.154. The molecule has 74 valence electrons. The van der Waals surface area contributed by atoms with Crippen molar-refractivity contribution in [2.24, 2.45) is 0 Å². The SMILES string of the molecule is C/C=C/C(=O)N1CC(C)SC(C)C1. The van der Waals surface area contributed by atoms with Crippen LogP contribution in [0.3, 0.4) is 0 Å². The Morgan fingerprint density at radius 3 is 2.38 bits per heavy atom. The molecule has 13 heavy (non-hydrogen) atoms. The predicted molar refractivity (Wildman–Crippen MR) is 57.9 cm³/mol. The van der Waals surface area contributed by atoms with Gasteiger partial charge < -0.3 is 4.90 Å². The average Bonchev–Trinajstić information content (AvgIpc) is 2.03. The van der Waals surface area contributed by atoms with Crippen LogP contribution >= 0.6 is 11.8 Å². The summed E-state index contributed by atoms with van der Waals surface area (Å²) in [5, 5.41) is 1.14. The van der Waals surface area contributed by atoms with E-state index in [0.29, 0.717) is 10.5 Å². The topological polar surface area (TPSA) is 20.3 Å². The number of thioether (sulfide) groups is 1. The van der Waals surface area contributed by atoms with Crippen LogP contribution in [0.1, 0.15) is 20.8 Å². The van der Waals surface area contributed by atoms with Gasteiger partial charge in [0.05, 0.1) is 0 Å². The fraction of sp³-hybridized carbons (Fsp3) is 0.700. The van der Waals surface area contributed by atoms with Crippen LogP contribution in [0.2, 0.25) is 0 Å². The lowest BCUT2D eigenvalue weighted by Crippen LogP contribution is -2.43. The van der Waals surface area contributed by atoms with Gasteiger partial charge in [-0.3, -0.25) is 4.79 Å². The van der Waals surface area contributed by atoms with E-state index in [9.17, 15) is 4.79 Å². The molecule has 0 saturated carbocycles. The first-order chi connectivity index (χ1) is 6.13. The summed E-state index contributed by atoms with van der Waals surface area (Å²) < 4.78 is 0. The van der Waals surface area contributed by atoms with Crippen LogP contribution in [-0.2, 0) is 4.79 Å². The van der Waals surface area contributed by atoms with Crippen LogP contribution in [0.5, 0.6) is 0 Å². The van der Waals surface area contributed by atoms with E-state index in [4.69, 9.17) is 0 Å². The molecule has 1 aliphatic heterocycles. The molecule has 1 fully saturated rings. The lowest BCUT2D eigenvalue weighted by Gasteiger charge is -2.33. The molecule has 0 N–H and O–H groups in total. The highest BCUT2D eigenvalue weighted by Gasteiger charge is 2.24. The van der Waals surface area contributed by atoms with Gasteiger partial charge in [-0.15, -0.1) is 0 Å². The number of nitrogens with zero attached hydrogens (tertiary/aromatic N) is 1. The van der Waals surface area contributed by atoms with Crippen molar-refractivity contribution in [2.45, 2.75) is 31.3 Å². The Morgan fingerprint density at radius 1 is 1.38 bits per heavy atom. The van der Waals surface area contributed by atoms with Crippen LogP contribution in [0.4, 0.5) is 0 Å². The van der Waals surface area contributed by atoms with E-state index in [0.717, 1.165) is 13.1 Å². The second-order valence-electron chi connectivity index (χ2n) is 3.50. The van der Waals surface area contributed by atoms with Gasteiger partial charge in [0.25, 0.3) is 0 Å². The highest BCUT2D eigenvalue weighted by atomic mass is 32.2. The summed E-state index contributed by atoms with van der Waals surface area (Å²) >= 11 is 1.96. The number of carbonyl (C=O) groups is 1. The average molecular weight is 199 g/mol. The van der Waals surface area contributed by atoms with E-state index >= 15 is 0 Å². The summed E-state index contributed by atoms with van der Waals surface area (Å²) in [5.41, 5.74) is 0. The number of hydrogen-bond acceptors (Lipinski definition) is 2. The first-order valence-corrected chi connectivity index (χ1v) is 5.64. The molecule has 2 unspecified atom stereocenters. The summed E-state index contributed by atoms with van der Waals surface area (Å²) in [6, 6.07) is 0. The third kappa shape index (κ3) is 3.07. The number of amides is 1. The van der Waals surface area contributed by atoms with Gasteiger partial charge in [0, 0.05) is 23.6 Å². The molecular formula is C10H17NOS. The molecule has 0 aliphatic carbocycles. The van der Waals surface area contributed by atoms with Crippen LogP contribution in [0.25, 0.3) is 0 Å². The van der Waals surface area contributed by atoms with Gasteiger partial charge >= 0.3 is 0 Å². The second kappa shape index (κ2) is 4.70. The molecule has 3 heteroatoms. The molecule has 2 atom stereocenters. The Morgan fingerprint density at radius 2 is 1.92 bits per heavy atom. The Hall–Kier alpha value is -0.440. The van der Waals surface area contributed by atoms with Gasteiger partial charge in [0.1, 0.15) is 0 Å². The van der Waals surface area contributed by atoms with Gasteiger partial charge in [-0.05, 0) is 13.0 Å². The van der Waals surface area contributed by atoms with Crippen LogP contribution in [-0.4, -0.2) is 34.4 Å². The van der Waals surface area contributed by atoms with E-state index in [1.165, 1.54) is 0 Å². The minimum Gasteiger partial charge on any atom is -0.337 e. The fourth-order valence-electron chi connectivity index (χ4n) is 1.61. The number of carbonyl (C=O) groups excluding carboxylic acids is 1. The number of allylic oxidation sites excluding steroid dienone is 1. The van der Waals surface area contributed by atoms with Gasteiger partial charge in [-0.1, -0.05) is 19.9 Å². The van der Waals surface area contributed by atoms with Gasteiger partial charge in [-0.2, -0.15) is 11.8 Å². The lowest BCUT2D eigenvalue weighted by atomic mass is 10.3.